The Hall–Kier alpha value is -7.36. The largest absolute Gasteiger partial charge is 0.455 e. The maximum Gasteiger partial charge on any atom is 0.159 e. The van der Waals surface area contributed by atoms with Crippen molar-refractivity contribution in [2.75, 3.05) is 4.90 Å². The Morgan fingerprint density at radius 2 is 0.873 bits per heavy atom. The molecule has 0 spiro atoms. The minimum atomic E-state index is 0.832. The summed E-state index contributed by atoms with van der Waals surface area (Å²) < 4.78 is 13.9. The van der Waals surface area contributed by atoms with Crippen LogP contribution in [0.15, 0.2) is 209 Å². The number of hydrogen-bond donors (Lipinski definition) is 0. The van der Waals surface area contributed by atoms with Gasteiger partial charge in [0.2, 0.25) is 0 Å². The van der Waals surface area contributed by atoms with Crippen LogP contribution >= 0.6 is 0 Å². The van der Waals surface area contributed by atoms with E-state index in [0.29, 0.717) is 0 Å². The molecule has 0 atom stereocenters. The molecule has 0 fully saturated rings. The Labute approximate surface area is 317 Å². The maximum absolute atomic E-state index is 7.17. The zero-order valence-electron chi connectivity index (χ0n) is 29.8. The Kier molecular flexibility index (Phi) is 7.17. The fourth-order valence-electron chi connectivity index (χ4n) is 8.33. The van der Waals surface area contributed by atoms with Gasteiger partial charge in [-0.25, -0.2) is 0 Å². The van der Waals surface area contributed by atoms with Crippen molar-refractivity contribution in [2.24, 2.45) is 0 Å². The van der Waals surface area contributed by atoms with Crippen molar-refractivity contribution in [1.29, 1.82) is 0 Å². The predicted octanol–water partition coefficient (Wildman–Crippen LogP) is 15.1. The number of furan rings is 2. The van der Waals surface area contributed by atoms with E-state index < -0.39 is 0 Å². The first-order valence-corrected chi connectivity index (χ1v) is 18.7. The van der Waals surface area contributed by atoms with Crippen molar-refractivity contribution < 1.29 is 8.83 Å². The number of anilines is 3. The lowest BCUT2D eigenvalue weighted by molar-refractivity contribution is 0.668. The number of benzene rings is 9. The van der Waals surface area contributed by atoms with Crippen LogP contribution in [0.3, 0.4) is 0 Å². The first-order valence-electron chi connectivity index (χ1n) is 18.7. The quantitative estimate of drug-likeness (QED) is 0.173. The van der Waals surface area contributed by atoms with Gasteiger partial charge in [-0.05, 0) is 75.7 Å². The van der Waals surface area contributed by atoms with Gasteiger partial charge in [0.25, 0.3) is 0 Å². The number of rotatable bonds is 6. The summed E-state index contributed by atoms with van der Waals surface area (Å²) in [7, 11) is 0. The van der Waals surface area contributed by atoms with Crippen molar-refractivity contribution in [3.05, 3.63) is 200 Å². The van der Waals surface area contributed by atoms with Crippen LogP contribution in [0.4, 0.5) is 17.1 Å². The Morgan fingerprint density at radius 1 is 0.309 bits per heavy atom. The summed E-state index contributed by atoms with van der Waals surface area (Å²) >= 11 is 0. The summed E-state index contributed by atoms with van der Waals surface area (Å²) in [4.78, 5) is 2.34. The van der Waals surface area contributed by atoms with Gasteiger partial charge in [0.15, 0.2) is 5.58 Å². The molecule has 0 radical (unpaired) electrons. The Bertz CT molecular complexity index is 3180. The van der Waals surface area contributed by atoms with Crippen LogP contribution in [-0.4, -0.2) is 0 Å². The standard InChI is InChI=1S/C52H33NO2/c1-4-15-34(16-5-1)35-27-29-38(30-28-35)53(47-25-14-24-42-40-22-12-13-26-48(40)54-51(42)47)46-32-31-43-45-33-44(36-17-6-2-7-18-36)39-21-10-11-23-41(39)50(45)55-52(43)49(46)37-19-8-3-9-20-37/h1-33H. The molecule has 11 aromatic rings. The fourth-order valence-corrected chi connectivity index (χ4v) is 8.33. The molecule has 3 heteroatoms. The molecule has 2 aromatic heterocycles. The van der Waals surface area contributed by atoms with Gasteiger partial charge in [-0.15, -0.1) is 0 Å². The van der Waals surface area contributed by atoms with E-state index in [1.165, 1.54) is 22.1 Å². The van der Waals surface area contributed by atoms with Crippen LogP contribution < -0.4 is 4.90 Å². The van der Waals surface area contributed by atoms with Gasteiger partial charge in [0.05, 0.1) is 11.4 Å². The van der Waals surface area contributed by atoms with Gasteiger partial charge in [-0.2, -0.15) is 0 Å². The summed E-state index contributed by atoms with van der Waals surface area (Å²) in [6.45, 7) is 0. The van der Waals surface area contributed by atoms with Gasteiger partial charge in [0, 0.05) is 38.2 Å². The normalized spacial score (nSPS) is 11.6. The Balaban J connectivity index is 1.23. The van der Waals surface area contributed by atoms with E-state index >= 15 is 0 Å². The van der Waals surface area contributed by atoms with Crippen LogP contribution in [0.1, 0.15) is 0 Å². The van der Waals surface area contributed by atoms with Crippen molar-refractivity contribution in [2.45, 2.75) is 0 Å². The van der Waals surface area contributed by atoms with Crippen LogP contribution in [0.5, 0.6) is 0 Å². The zero-order chi connectivity index (χ0) is 36.3. The van der Waals surface area contributed by atoms with Gasteiger partial charge >= 0.3 is 0 Å². The van der Waals surface area contributed by atoms with Gasteiger partial charge in [-0.3, -0.25) is 0 Å². The third-order valence-corrected chi connectivity index (χ3v) is 10.9. The number of para-hydroxylation sites is 2. The first kappa shape index (κ1) is 31.2. The summed E-state index contributed by atoms with van der Waals surface area (Å²) in [5, 5.41) is 6.59. The number of nitrogens with zero attached hydrogens (tertiary/aromatic N) is 1. The summed E-state index contributed by atoms with van der Waals surface area (Å²) in [6.07, 6.45) is 0. The molecule has 0 aliphatic carbocycles. The van der Waals surface area contributed by atoms with E-state index in [0.717, 1.165) is 83.0 Å². The lowest BCUT2D eigenvalue weighted by atomic mass is 9.94. The molecule has 55 heavy (non-hydrogen) atoms. The molecule has 0 aliphatic rings. The molecule has 0 aliphatic heterocycles. The van der Waals surface area contributed by atoms with Crippen LogP contribution in [0, 0.1) is 0 Å². The van der Waals surface area contributed by atoms with Crippen molar-refractivity contribution in [3.63, 3.8) is 0 Å². The molecular formula is C52H33NO2. The van der Waals surface area contributed by atoms with E-state index in [1.807, 2.05) is 12.1 Å². The van der Waals surface area contributed by atoms with E-state index in [9.17, 15) is 0 Å². The molecule has 0 saturated heterocycles. The third-order valence-electron chi connectivity index (χ3n) is 10.9. The second kappa shape index (κ2) is 12.6. The van der Waals surface area contributed by atoms with Gasteiger partial charge in [0.1, 0.15) is 16.7 Å². The molecule has 0 unspecified atom stereocenters. The average Bonchev–Trinajstić information content (AvgIpc) is 3.84. The SMILES string of the molecule is c1ccc(-c2ccc(N(c3ccc4c(oc5c6ccccc6c(-c6ccccc6)cc45)c3-c3ccccc3)c3cccc4c3oc3ccccc34)cc2)cc1. The first-order chi connectivity index (χ1) is 27.3. The second-order valence-electron chi connectivity index (χ2n) is 14.0. The monoisotopic (exact) mass is 703 g/mol. The number of hydrogen-bond acceptors (Lipinski definition) is 3. The Morgan fingerprint density at radius 3 is 1.62 bits per heavy atom. The summed E-state index contributed by atoms with van der Waals surface area (Å²) in [6, 6.07) is 70.7. The highest BCUT2D eigenvalue weighted by atomic mass is 16.3. The highest BCUT2D eigenvalue weighted by molar-refractivity contribution is 6.22. The van der Waals surface area contributed by atoms with Crippen LogP contribution in [-0.2, 0) is 0 Å². The molecule has 3 nitrogen and oxygen atoms in total. The van der Waals surface area contributed by atoms with Crippen LogP contribution in [0.2, 0.25) is 0 Å². The highest BCUT2D eigenvalue weighted by Gasteiger charge is 2.26. The van der Waals surface area contributed by atoms with Crippen molar-refractivity contribution in [3.8, 4) is 33.4 Å². The molecule has 0 N–H and O–H groups in total. The van der Waals surface area contributed by atoms with Crippen molar-refractivity contribution in [1.82, 2.24) is 0 Å². The van der Waals surface area contributed by atoms with Crippen LogP contribution in [0.25, 0.3) is 88.0 Å². The topological polar surface area (TPSA) is 29.5 Å². The molecule has 0 amide bonds. The summed E-state index contributed by atoms with van der Waals surface area (Å²) in [5.74, 6) is 0. The van der Waals surface area contributed by atoms with E-state index in [-0.39, 0.29) is 0 Å². The minimum absolute atomic E-state index is 0.832. The molecule has 0 bridgehead atoms. The van der Waals surface area contributed by atoms with E-state index in [4.69, 9.17) is 8.83 Å². The summed E-state index contributed by atoms with van der Waals surface area (Å²) in [5.41, 5.74) is 13.2. The molecule has 9 aromatic carbocycles. The molecular weight excluding hydrogens is 671 g/mol. The van der Waals surface area contributed by atoms with Gasteiger partial charge in [-0.1, -0.05) is 158 Å². The molecule has 11 rings (SSSR count). The average molecular weight is 704 g/mol. The van der Waals surface area contributed by atoms with E-state index in [1.54, 1.807) is 0 Å². The lowest BCUT2D eigenvalue weighted by Crippen LogP contribution is -2.11. The number of fused-ring (bicyclic) bond motifs is 8. The fraction of sp³-hybridized carbons (Fsp3) is 0. The molecule has 2 heterocycles. The van der Waals surface area contributed by atoms with E-state index in [2.05, 4.69) is 193 Å². The maximum atomic E-state index is 7.17. The highest BCUT2D eigenvalue weighted by Crippen LogP contribution is 2.50. The third kappa shape index (κ3) is 5.05. The van der Waals surface area contributed by atoms with Crippen molar-refractivity contribution >= 4 is 71.7 Å². The second-order valence-corrected chi connectivity index (χ2v) is 14.0. The minimum Gasteiger partial charge on any atom is -0.455 e. The zero-order valence-corrected chi connectivity index (χ0v) is 29.8. The molecule has 258 valence electrons. The lowest BCUT2D eigenvalue weighted by Gasteiger charge is -2.28. The molecule has 0 saturated carbocycles. The van der Waals surface area contributed by atoms with Gasteiger partial charge < -0.3 is 13.7 Å². The predicted molar refractivity (Wildman–Crippen MR) is 229 cm³/mol. The smallest absolute Gasteiger partial charge is 0.159 e.